The fraction of sp³-hybridized carbons (Fsp3) is 0.769. The highest BCUT2D eigenvalue weighted by Gasteiger charge is 2.29. The van der Waals surface area contributed by atoms with Gasteiger partial charge in [-0.25, -0.2) is 0 Å². The van der Waals surface area contributed by atoms with E-state index in [9.17, 15) is 0 Å². The van der Waals surface area contributed by atoms with Gasteiger partial charge in [-0.15, -0.1) is 19.7 Å². The lowest BCUT2D eigenvalue weighted by Crippen LogP contribution is -2.24. The van der Waals surface area contributed by atoms with Crippen LogP contribution in [0.4, 0.5) is 0 Å². The van der Waals surface area contributed by atoms with Crippen LogP contribution in [0.1, 0.15) is 117 Å². The second-order valence-corrected chi connectivity index (χ2v) is 8.13. The fourth-order valence-corrected chi connectivity index (χ4v) is 4.09. The van der Waals surface area contributed by atoms with Gasteiger partial charge in [0.15, 0.2) is 0 Å². The first kappa shape index (κ1) is 25.2. The molecular formula is C26H48. The Labute approximate surface area is 166 Å². The number of unbranched alkanes of at least 4 members (excludes halogenated alkanes) is 12. The molecule has 0 spiro atoms. The molecule has 0 fully saturated rings. The minimum Gasteiger partial charge on any atom is -0.102 e. The van der Waals surface area contributed by atoms with Crippen LogP contribution in [0, 0.1) is 11.3 Å². The van der Waals surface area contributed by atoms with Crippen LogP contribution in [-0.4, -0.2) is 0 Å². The lowest BCUT2D eigenvalue weighted by atomic mass is 9.71. The SMILES string of the molecule is C=CC(C=C)(C=C)C(CCCCCCCC)CCCCCCCCCC. The van der Waals surface area contributed by atoms with Gasteiger partial charge in [0, 0.05) is 5.41 Å². The summed E-state index contributed by atoms with van der Waals surface area (Å²) in [5, 5.41) is 0. The van der Waals surface area contributed by atoms with Crippen molar-refractivity contribution in [3.8, 4) is 0 Å². The van der Waals surface area contributed by atoms with E-state index in [1.54, 1.807) is 0 Å². The molecule has 1 atom stereocenters. The van der Waals surface area contributed by atoms with E-state index in [2.05, 4.69) is 51.8 Å². The van der Waals surface area contributed by atoms with Gasteiger partial charge in [0.05, 0.1) is 0 Å². The monoisotopic (exact) mass is 360 g/mol. The molecule has 0 heteroatoms. The first-order chi connectivity index (χ1) is 12.7. The Hall–Kier alpha value is -0.780. The highest BCUT2D eigenvalue weighted by molar-refractivity contribution is 5.18. The van der Waals surface area contributed by atoms with Crippen molar-refractivity contribution in [3.63, 3.8) is 0 Å². The first-order valence-electron chi connectivity index (χ1n) is 11.6. The Balaban J connectivity index is 4.26. The smallest absolute Gasteiger partial charge is 0.0262 e. The van der Waals surface area contributed by atoms with Crippen LogP contribution < -0.4 is 0 Å². The van der Waals surface area contributed by atoms with Gasteiger partial charge in [-0.1, -0.05) is 122 Å². The third-order valence-corrected chi connectivity index (χ3v) is 6.08. The summed E-state index contributed by atoms with van der Waals surface area (Å²) in [6.45, 7) is 16.9. The highest BCUT2D eigenvalue weighted by Crippen LogP contribution is 2.39. The van der Waals surface area contributed by atoms with Crippen LogP contribution >= 0.6 is 0 Å². The number of hydrogen-bond donors (Lipinski definition) is 0. The third kappa shape index (κ3) is 11.0. The second-order valence-electron chi connectivity index (χ2n) is 8.13. The zero-order chi connectivity index (χ0) is 19.5. The molecule has 0 aromatic rings. The van der Waals surface area contributed by atoms with Crippen molar-refractivity contribution in [2.45, 2.75) is 117 Å². The molecule has 0 nitrogen and oxygen atoms in total. The quantitative estimate of drug-likeness (QED) is 0.150. The van der Waals surface area contributed by atoms with Gasteiger partial charge in [0.25, 0.3) is 0 Å². The van der Waals surface area contributed by atoms with Crippen LogP contribution in [0.2, 0.25) is 0 Å². The fourth-order valence-electron chi connectivity index (χ4n) is 4.09. The van der Waals surface area contributed by atoms with Crippen LogP contribution in [-0.2, 0) is 0 Å². The molecule has 0 aromatic heterocycles. The van der Waals surface area contributed by atoms with E-state index in [0.717, 1.165) is 0 Å². The molecule has 0 bridgehead atoms. The van der Waals surface area contributed by atoms with Crippen LogP contribution in [0.25, 0.3) is 0 Å². The molecule has 0 aromatic carbocycles. The van der Waals surface area contributed by atoms with Gasteiger partial charge in [-0.2, -0.15) is 0 Å². The van der Waals surface area contributed by atoms with Crippen LogP contribution in [0.15, 0.2) is 38.0 Å². The molecule has 0 aliphatic carbocycles. The summed E-state index contributed by atoms with van der Waals surface area (Å²) in [5.41, 5.74) is -0.0788. The minimum atomic E-state index is -0.0788. The average Bonchev–Trinajstić information content (AvgIpc) is 2.67. The Morgan fingerprint density at radius 2 is 0.846 bits per heavy atom. The number of hydrogen-bond acceptors (Lipinski definition) is 0. The molecule has 0 saturated heterocycles. The van der Waals surface area contributed by atoms with Crippen molar-refractivity contribution < 1.29 is 0 Å². The number of rotatable bonds is 20. The third-order valence-electron chi connectivity index (χ3n) is 6.08. The van der Waals surface area contributed by atoms with Crippen molar-refractivity contribution in [2.75, 3.05) is 0 Å². The van der Waals surface area contributed by atoms with Gasteiger partial charge >= 0.3 is 0 Å². The summed E-state index contributed by atoms with van der Waals surface area (Å²) in [5.74, 6) is 0.626. The maximum atomic E-state index is 4.11. The summed E-state index contributed by atoms with van der Waals surface area (Å²) in [7, 11) is 0. The maximum absolute atomic E-state index is 4.11. The van der Waals surface area contributed by atoms with E-state index in [-0.39, 0.29) is 5.41 Å². The molecule has 0 heterocycles. The molecule has 0 radical (unpaired) electrons. The molecule has 0 saturated carbocycles. The molecule has 26 heavy (non-hydrogen) atoms. The van der Waals surface area contributed by atoms with E-state index >= 15 is 0 Å². The minimum absolute atomic E-state index is 0.0788. The Bertz CT molecular complexity index is 316. The summed E-state index contributed by atoms with van der Waals surface area (Å²) in [6, 6.07) is 0. The molecule has 0 rings (SSSR count). The van der Waals surface area contributed by atoms with Crippen molar-refractivity contribution in [1.29, 1.82) is 0 Å². The molecule has 0 aliphatic heterocycles. The van der Waals surface area contributed by atoms with Crippen molar-refractivity contribution in [3.05, 3.63) is 38.0 Å². The zero-order valence-electron chi connectivity index (χ0n) is 18.2. The summed E-state index contributed by atoms with van der Waals surface area (Å²) in [4.78, 5) is 0. The average molecular weight is 361 g/mol. The van der Waals surface area contributed by atoms with Gasteiger partial charge in [0.2, 0.25) is 0 Å². The topological polar surface area (TPSA) is 0 Å². The lowest BCUT2D eigenvalue weighted by molar-refractivity contribution is 0.297. The van der Waals surface area contributed by atoms with E-state index in [1.165, 1.54) is 103 Å². The largest absolute Gasteiger partial charge is 0.102 e. The standard InChI is InChI=1S/C26H48/c1-6-11-13-15-17-18-20-22-24-25(26(8-3,9-4)10-5)23-21-19-16-14-12-7-2/h8-10,25H,3-7,11-24H2,1-2H3. The molecule has 1 unspecified atom stereocenters. The van der Waals surface area contributed by atoms with E-state index in [1.807, 2.05) is 0 Å². The van der Waals surface area contributed by atoms with E-state index in [0.29, 0.717) is 5.92 Å². The predicted molar refractivity (Wildman–Crippen MR) is 122 cm³/mol. The van der Waals surface area contributed by atoms with Gasteiger partial charge in [-0.3, -0.25) is 0 Å². The second kappa shape index (κ2) is 17.6. The van der Waals surface area contributed by atoms with Gasteiger partial charge < -0.3 is 0 Å². The predicted octanol–water partition coefficient (Wildman–Crippen LogP) is 9.43. The van der Waals surface area contributed by atoms with E-state index in [4.69, 9.17) is 0 Å². The van der Waals surface area contributed by atoms with Crippen molar-refractivity contribution in [1.82, 2.24) is 0 Å². The Morgan fingerprint density at radius 3 is 1.15 bits per heavy atom. The van der Waals surface area contributed by atoms with Gasteiger partial charge in [0.1, 0.15) is 0 Å². The van der Waals surface area contributed by atoms with Crippen LogP contribution in [0.5, 0.6) is 0 Å². The zero-order valence-corrected chi connectivity index (χ0v) is 18.2. The van der Waals surface area contributed by atoms with Crippen LogP contribution in [0.3, 0.4) is 0 Å². The van der Waals surface area contributed by atoms with Crippen molar-refractivity contribution in [2.24, 2.45) is 11.3 Å². The normalized spacial score (nSPS) is 12.7. The first-order valence-corrected chi connectivity index (χ1v) is 11.6. The molecular weight excluding hydrogens is 312 g/mol. The molecule has 0 N–H and O–H groups in total. The van der Waals surface area contributed by atoms with Gasteiger partial charge in [-0.05, 0) is 18.8 Å². The summed E-state index contributed by atoms with van der Waals surface area (Å²) < 4.78 is 0. The summed E-state index contributed by atoms with van der Waals surface area (Å²) >= 11 is 0. The molecule has 0 aliphatic rings. The number of allylic oxidation sites excluding steroid dienone is 3. The Morgan fingerprint density at radius 1 is 0.538 bits per heavy atom. The maximum Gasteiger partial charge on any atom is 0.0262 e. The highest BCUT2D eigenvalue weighted by atomic mass is 14.3. The lowest BCUT2D eigenvalue weighted by Gasteiger charge is -2.33. The van der Waals surface area contributed by atoms with Crippen molar-refractivity contribution >= 4 is 0 Å². The molecule has 0 amide bonds. The van der Waals surface area contributed by atoms with E-state index < -0.39 is 0 Å². The summed E-state index contributed by atoms with van der Waals surface area (Å²) in [6.07, 6.45) is 28.1. The Kier molecular flexibility index (Phi) is 17.1. The molecule has 152 valence electrons.